The maximum Gasteiger partial charge on any atom is 0.342 e. The molecule has 1 amide bonds. The summed E-state index contributed by atoms with van der Waals surface area (Å²) in [7, 11) is 4.32. The van der Waals surface area contributed by atoms with Gasteiger partial charge in [0.15, 0.2) is 11.5 Å². The molecule has 0 spiro atoms. The standard InChI is InChI=1S/C40H45N3O10/c1-24-11-10-14-27(44)13-7-5-6-12-25-19-31(45)36(37(47)35(25)40(49)53-24)29(26-20-32(50-2)38(52-4)33(21-26)51-3)22-34(46)41-17-18-43-23-42-30-16-9-8-15-28(30)39(43)48/h6,8-9,12,15-16,19-21,23-24,29,45,47H,5,7,10-11,13-14,17-18,22H2,1-4H3,(H,41,46)/t24-,29?/m0/s1. The number of cyclic esters (lactones) is 1. The number of carbonyl (C=O) groups is 3. The molecular formula is C40H45N3O10. The summed E-state index contributed by atoms with van der Waals surface area (Å²) in [6.45, 7) is 1.92. The zero-order valence-electron chi connectivity index (χ0n) is 30.3. The average Bonchev–Trinajstić information content (AvgIpc) is 3.14. The highest BCUT2D eigenvalue weighted by Gasteiger charge is 2.32. The van der Waals surface area contributed by atoms with Crippen molar-refractivity contribution in [1.82, 2.24) is 14.9 Å². The summed E-state index contributed by atoms with van der Waals surface area (Å²) in [5.41, 5.74) is 0.673. The van der Waals surface area contributed by atoms with E-state index in [0.29, 0.717) is 60.7 Å². The van der Waals surface area contributed by atoms with E-state index in [0.717, 1.165) is 0 Å². The first-order valence-electron chi connectivity index (χ1n) is 17.5. The fraction of sp³-hybridized carbons (Fsp3) is 0.375. The first-order chi connectivity index (χ1) is 25.6. The van der Waals surface area contributed by atoms with Crippen molar-refractivity contribution in [2.75, 3.05) is 27.9 Å². The van der Waals surface area contributed by atoms with Crippen LogP contribution >= 0.6 is 0 Å². The second kappa shape index (κ2) is 17.6. The number of hydrogen-bond acceptors (Lipinski definition) is 11. The highest BCUT2D eigenvalue weighted by molar-refractivity contribution is 5.98. The van der Waals surface area contributed by atoms with Gasteiger partial charge in [0.1, 0.15) is 22.8 Å². The highest BCUT2D eigenvalue weighted by Crippen LogP contribution is 2.47. The van der Waals surface area contributed by atoms with Crippen LogP contribution in [-0.4, -0.2) is 71.4 Å². The number of phenolic OH excluding ortho intramolecular Hbond substituents is 2. The average molecular weight is 728 g/mol. The number of amides is 1. The van der Waals surface area contributed by atoms with E-state index in [9.17, 15) is 29.4 Å². The second-order valence-corrected chi connectivity index (χ2v) is 12.9. The van der Waals surface area contributed by atoms with Crippen LogP contribution < -0.4 is 25.1 Å². The molecule has 1 aromatic heterocycles. The minimum Gasteiger partial charge on any atom is -0.507 e. The van der Waals surface area contributed by atoms with E-state index in [1.165, 1.54) is 38.3 Å². The van der Waals surface area contributed by atoms with Gasteiger partial charge in [0.25, 0.3) is 5.56 Å². The van der Waals surface area contributed by atoms with Crippen LogP contribution in [0.5, 0.6) is 28.7 Å². The van der Waals surface area contributed by atoms with Crippen molar-refractivity contribution < 1.29 is 43.5 Å². The molecule has 13 nitrogen and oxygen atoms in total. The molecule has 0 saturated heterocycles. The van der Waals surface area contributed by atoms with Crippen molar-refractivity contribution in [2.45, 2.75) is 70.4 Å². The second-order valence-electron chi connectivity index (χ2n) is 12.9. The fourth-order valence-electron chi connectivity index (χ4n) is 6.55. The third-order valence-electron chi connectivity index (χ3n) is 9.29. The van der Waals surface area contributed by atoms with Crippen molar-refractivity contribution >= 4 is 34.6 Å². The zero-order chi connectivity index (χ0) is 38.1. The predicted molar refractivity (Wildman–Crippen MR) is 198 cm³/mol. The number of aromatic nitrogens is 2. The van der Waals surface area contributed by atoms with Gasteiger partial charge in [0, 0.05) is 43.8 Å². The molecule has 0 radical (unpaired) electrons. The van der Waals surface area contributed by atoms with E-state index < -0.39 is 29.6 Å². The maximum atomic E-state index is 13.8. The predicted octanol–water partition coefficient (Wildman–Crippen LogP) is 5.65. The summed E-state index contributed by atoms with van der Waals surface area (Å²) < 4.78 is 23.8. The largest absolute Gasteiger partial charge is 0.507 e. The van der Waals surface area contributed by atoms with E-state index in [2.05, 4.69) is 10.3 Å². The van der Waals surface area contributed by atoms with Crippen molar-refractivity contribution in [3.05, 3.63) is 87.5 Å². The number of ketones is 1. The van der Waals surface area contributed by atoms with E-state index in [1.807, 2.05) is 0 Å². The van der Waals surface area contributed by atoms with Gasteiger partial charge in [-0.25, -0.2) is 9.78 Å². The van der Waals surface area contributed by atoms with Crippen molar-refractivity contribution in [3.8, 4) is 28.7 Å². The number of aromatic hydroxyl groups is 2. The molecule has 4 aromatic rings. The van der Waals surface area contributed by atoms with Crippen LogP contribution in [0, 0.1) is 0 Å². The van der Waals surface area contributed by atoms with Gasteiger partial charge in [-0.15, -0.1) is 0 Å². The summed E-state index contributed by atoms with van der Waals surface area (Å²) in [5, 5.41) is 26.8. The molecule has 1 aliphatic heterocycles. The lowest BCUT2D eigenvalue weighted by Crippen LogP contribution is -2.32. The Kier molecular flexibility index (Phi) is 12.7. The molecule has 280 valence electrons. The van der Waals surface area contributed by atoms with Gasteiger partial charge in [-0.05, 0) is 74.1 Å². The molecular weight excluding hydrogens is 682 g/mol. The highest BCUT2D eigenvalue weighted by atomic mass is 16.5. The number of benzene rings is 3. The number of carbonyl (C=O) groups excluding carboxylic acids is 3. The lowest BCUT2D eigenvalue weighted by atomic mass is 9.84. The number of hydrogen-bond donors (Lipinski definition) is 3. The van der Waals surface area contributed by atoms with Crippen LogP contribution in [0.25, 0.3) is 17.0 Å². The van der Waals surface area contributed by atoms with E-state index in [-0.39, 0.29) is 64.8 Å². The van der Waals surface area contributed by atoms with Gasteiger partial charge >= 0.3 is 5.97 Å². The molecule has 2 heterocycles. The molecule has 53 heavy (non-hydrogen) atoms. The Morgan fingerprint density at radius 1 is 1.02 bits per heavy atom. The van der Waals surface area contributed by atoms with Gasteiger partial charge in [-0.2, -0.15) is 0 Å². The smallest absolute Gasteiger partial charge is 0.342 e. The summed E-state index contributed by atoms with van der Waals surface area (Å²) in [4.78, 5) is 57.0. The fourth-order valence-corrected chi connectivity index (χ4v) is 6.55. The number of phenols is 2. The molecule has 13 heteroatoms. The van der Waals surface area contributed by atoms with Gasteiger partial charge in [-0.1, -0.05) is 24.3 Å². The third kappa shape index (κ3) is 8.97. The van der Waals surface area contributed by atoms with Crippen molar-refractivity contribution in [3.63, 3.8) is 0 Å². The SMILES string of the molecule is COc1cc(C(CC(=O)NCCn2cnc3ccccc3c2=O)c2c(O)cc3c(c2O)C(=O)O[C@@H](C)CCCC(=O)CCCC=C3)cc(OC)c1OC. The topological polar surface area (TPSA) is 176 Å². The van der Waals surface area contributed by atoms with E-state index in [1.54, 1.807) is 55.5 Å². The monoisotopic (exact) mass is 727 g/mol. The number of rotatable bonds is 10. The number of fused-ring (bicyclic) bond motifs is 2. The van der Waals surface area contributed by atoms with Crippen LogP contribution in [0.1, 0.15) is 84.8 Å². The molecule has 0 bridgehead atoms. The van der Waals surface area contributed by atoms with Crippen LogP contribution in [0.15, 0.2) is 59.7 Å². The molecule has 0 fully saturated rings. The first-order valence-corrected chi connectivity index (χ1v) is 17.5. The van der Waals surface area contributed by atoms with Crippen LogP contribution in [0.3, 0.4) is 0 Å². The number of ether oxygens (including phenoxy) is 4. The Balaban J connectivity index is 1.54. The number of nitrogens with zero attached hydrogens (tertiary/aromatic N) is 2. The summed E-state index contributed by atoms with van der Waals surface area (Å²) >= 11 is 0. The Morgan fingerprint density at radius 3 is 2.45 bits per heavy atom. The molecule has 2 atom stereocenters. The minimum atomic E-state index is -1.05. The molecule has 0 aliphatic carbocycles. The lowest BCUT2D eigenvalue weighted by Gasteiger charge is -2.24. The molecule has 5 rings (SSSR count). The van der Waals surface area contributed by atoms with E-state index in [4.69, 9.17) is 18.9 Å². The lowest BCUT2D eigenvalue weighted by molar-refractivity contribution is -0.121. The number of Topliss-reactive ketones (excluding diaryl/α,β-unsaturated/α-hetero) is 1. The Morgan fingerprint density at radius 2 is 1.74 bits per heavy atom. The van der Waals surface area contributed by atoms with Crippen LogP contribution in [0.2, 0.25) is 0 Å². The summed E-state index contributed by atoms with van der Waals surface area (Å²) in [5.74, 6) is -2.30. The Bertz CT molecular complexity index is 2050. The molecule has 1 unspecified atom stereocenters. The van der Waals surface area contributed by atoms with E-state index >= 15 is 0 Å². The Hall–Kier alpha value is -5.85. The van der Waals surface area contributed by atoms with Gasteiger partial charge in [0.05, 0.1) is 44.7 Å². The van der Waals surface area contributed by atoms with Gasteiger partial charge < -0.3 is 34.5 Å². The van der Waals surface area contributed by atoms with Crippen molar-refractivity contribution in [1.29, 1.82) is 0 Å². The number of allylic oxidation sites excluding steroid dienone is 1. The third-order valence-corrected chi connectivity index (χ3v) is 9.29. The number of para-hydroxylation sites is 1. The molecule has 3 aromatic carbocycles. The number of nitrogens with one attached hydrogen (secondary N) is 1. The van der Waals surface area contributed by atoms with Gasteiger partial charge in [0.2, 0.25) is 11.7 Å². The molecule has 0 saturated carbocycles. The van der Waals surface area contributed by atoms with Gasteiger partial charge in [-0.3, -0.25) is 19.0 Å². The number of methoxy groups -OCH3 is 3. The summed E-state index contributed by atoms with van der Waals surface area (Å²) in [6.07, 6.45) is 6.90. The zero-order valence-corrected chi connectivity index (χ0v) is 30.3. The van der Waals surface area contributed by atoms with Crippen LogP contribution in [0.4, 0.5) is 0 Å². The summed E-state index contributed by atoms with van der Waals surface area (Å²) in [6, 6.07) is 11.5. The molecule has 1 aliphatic rings. The minimum absolute atomic E-state index is 0.0729. The Labute approximate surface area is 307 Å². The maximum absolute atomic E-state index is 13.8. The quantitative estimate of drug-likeness (QED) is 0.172. The van der Waals surface area contributed by atoms with Crippen LogP contribution in [-0.2, 0) is 20.9 Å². The first kappa shape index (κ1) is 38.4. The normalized spacial score (nSPS) is 15.9. The molecule has 3 N–H and O–H groups in total. The number of esters is 1. The van der Waals surface area contributed by atoms with Crippen molar-refractivity contribution in [2.24, 2.45) is 0 Å².